The first-order valence-electron chi connectivity index (χ1n) is 10.5. The summed E-state index contributed by atoms with van der Waals surface area (Å²) in [5, 5.41) is 9.21. The molecule has 162 valence electrons. The molecule has 0 atom stereocenters. The summed E-state index contributed by atoms with van der Waals surface area (Å²) in [6, 6.07) is 14.7. The molecule has 0 aromatic heterocycles. The molecule has 2 heterocycles. The van der Waals surface area contributed by atoms with E-state index in [0.717, 1.165) is 18.7 Å². The number of methoxy groups -OCH3 is 1. The third kappa shape index (κ3) is 3.94. The minimum absolute atomic E-state index is 0.109. The molecule has 1 fully saturated rings. The number of imide groups is 1. The Kier molecular flexibility index (Phi) is 6.06. The number of hydrogen-bond acceptors (Lipinski definition) is 6. The molecular formula is C24H27N3O4. The van der Waals surface area contributed by atoms with Gasteiger partial charge in [0.25, 0.3) is 11.8 Å². The SMILES string of the molecule is COc1ccc(C2=C(N3CCN(CCO)CC3)C(=O)N(c3ccccc3C)C2=O)cc1. The Morgan fingerprint density at radius 2 is 1.61 bits per heavy atom. The van der Waals surface area contributed by atoms with Gasteiger partial charge in [-0.2, -0.15) is 0 Å². The Morgan fingerprint density at radius 1 is 0.935 bits per heavy atom. The van der Waals surface area contributed by atoms with Crippen LogP contribution in [-0.4, -0.2) is 73.2 Å². The molecule has 0 spiro atoms. The molecule has 2 aliphatic rings. The molecule has 0 aliphatic carbocycles. The van der Waals surface area contributed by atoms with Crippen LogP contribution in [0.5, 0.6) is 5.75 Å². The van der Waals surface area contributed by atoms with E-state index in [9.17, 15) is 14.7 Å². The minimum Gasteiger partial charge on any atom is -0.497 e. The quantitative estimate of drug-likeness (QED) is 0.719. The molecule has 2 aliphatic heterocycles. The standard InChI is InChI=1S/C24H27N3O4/c1-17-5-3-4-6-20(17)27-23(29)21(18-7-9-19(31-2)10-8-18)22(24(27)30)26-13-11-25(12-14-26)15-16-28/h3-10,28H,11-16H2,1-2H3. The highest BCUT2D eigenvalue weighted by Gasteiger charge is 2.43. The van der Waals surface area contributed by atoms with Crippen molar-refractivity contribution >= 4 is 23.1 Å². The summed E-state index contributed by atoms with van der Waals surface area (Å²) in [6.45, 7) is 5.32. The Labute approximate surface area is 182 Å². The van der Waals surface area contributed by atoms with Gasteiger partial charge in [0.15, 0.2) is 0 Å². The third-order valence-corrected chi connectivity index (χ3v) is 5.90. The zero-order chi connectivity index (χ0) is 22.0. The van der Waals surface area contributed by atoms with Crippen LogP contribution in [0.2, 0.25) is 0 Å². The average Bonchev–Trinajstić information content (AvgIpc) is 3.05. The topological polar surface area (TPSA) is 73.3 Å². The van der Waals surface area contributed by atoms with E-state index in [1.807, 2.05) is 42.2 Å². The molecule has 2 aromatic rings. The fourth-order valence-electron chi connectivity index (χ4n) is 4.20. The van der Waals surface area contributed by atoms with Crippen molar-refractivity contribution in [1.29, 1.82) is 0 Å². The molecule has 1 N–H and O–H groups in total. The summed E-state index contributed by atoms with van der Waals surface area (Å²) in [6.07, 6.45) is 0. The van der Waals surface area contributed by atoms with Gasteiger partial charge in [-0.15, -0.1) is 0 Å². The first-order chi connectivity index (χ1) is 15.0. The van der Waals surface area contributed by atoms with Gasteiger partial charge in [0.1, 0.15) is 11.4 Å². The number of carbonyl (C=O) groups is 2. The molecule has 4 rings (SSSR count). The molecule has 31 heavy (non-hydrogen) atoms. The van der Waals surface area contributed by atoms with Crippen LogP contribution >= 0.6 is 0 Å². The molecule has 2 aromatic carbocycles. The maximum absolute atomic E-state index is 13.6. The van der Waals surface area contributed by atoms with E-state index in [4.69, 9.17) is 4.74 Å². The van der Waals surface area contributed by atoms with Crippen LogP contribution in [0.15, 0.2) is 54.2 Å². The lowest BCUT2D eigenvalue weighted by atomic mass is 10.0. The number of hydrogen-bond donors (Lipinski definition) is 1. The number of aryl methyl sites for hydroxylation is 1. The Balaban J connectivity index is 1.75. The van der Waals surface area contributed by atoms with E-state index in [-0.39, 0.29) is 18.4 Å². The van der Waals surface area contributed by atoms with E-state index >= 15 is 0 Å². The van der Waals surface area contributed by atoms with Crippen molar-refractivity contribution < 1.29 is 19.4 Å². The smallest absolute Gasteiger partial charge is 0.282 e. The van der Waals surface area contributed by atoms with E-state index in [2.05, 4.69) is 4.90 Å². The lowest BCUT2D eigenvalue weighted by Gasteiger charge is -2.36. The van der Waals surface area contributed by atoms with Crippen LogP contribution in [0, 0.1) is 6.92 Å². The van der Waals surface area contributed by atoms with E-state index in [0.29, 0.717) is 47.9 Å². The number of rotatable bonds is 6. The Morgan fingerprint density at radius 3 is 2.23 bits per heavy atom. The summed E-state index contributed by atoms with van der Waals surface area (Å²) in [5.41, 5.74) is 3.04. The molecule has 0 saturated carbocycles. The van der Waals surface area contributed by atoms with Crippen LogP contribution in [0.1, 0.15) is 11.1 Å². The Hall–Kier alpha value is -3.16. The number of ether oxygens (including phenoxy) is 1. The predicted molar refractivity (Wildman–Crippen MR) is 119 cm³/mol. The van der Waals surface area contributed by atoms with Crippen LogP contribution in [0.25, 0.3) is 5.57 Å². The van der Waals surface area contributed by atoms with Crippen molar-refractivity contribution in [3.05, 3.63) is 65.4 Å². The number of aliphatic hydroxyl groups is 1. The molecule has 0 unspecified atom stereocenters. The molecular weight excluding hydrogens is 394 g/mol. The van der Waals surface area contributed by atoms with Gasteiger partial charge in [0.2, 0.25) is 0 Å². The van der Waals surface area contributed by atoms with Crippen molar-refractivity contribution in [2.24, 2.45) is 0 Å². The summed E-state index contributed by atoms with van der Waals surface area (Å²) < 4.78 is 5.25. The molecule has 2 amide bonds. The maximum Gasteiger partial charge on any atom is 0.282 e. The summed E-state index contributed by atoms with van der Waals surface area (Å²) >= 11 is 0. The number of β-amino-alcohol motifs (C(OH)–C–C–N with tert-alkyl or cyclic N) is 1. The lowest BCUT2D eigenvalue weighted by Crippen LogP contribution is -2.48. The van der Waals surface area contributed by atoms with Gasteiger partial charge >= 0.3 is 0 Å². The fourth-order valence-corrected chi connectivity index (χ4v) is 4.20. The normalized spacial score (nSPS) is 17.6. The number of nitrogens with zero attached hydrogens (tertiary/aromatic N) is 3. The highest BCUT2D eigenvalue weighted by atomic mass is 16.5. The number of carbonyl (C=O) groups excluding carboxylic acids is 2. The number of aliphatic hydroxyl groups excluding tert-OH is 1. The number of amides is 2. The van der Waals surface area contributed by atoms with E-state index in [1.165, 1.54) is 4.90 Å². The predicted octanol–water partition coefficient (Wildman–Crippen LogP) is 1.90. The first-order valence-corrected chi connectivity index (χ1v) is 10.5. The second kappa shape index (κ2) is 8.91. The average molecular weight is 421 g/mol. The van der Waals surface area contributed by atoms with Gasteiger partial charge in [-0.1, -0.05) is 30.3 Å². The molecule has 7 heteroatoms. The van der Waals surface area contributed by atoms with Crippen LogP contribution in [0.3, 0.4) is 0 Å². The first kappa shape index (κ1) is 21.1. The van der Waals surface area contributed by atoms with Gasteiger partial charge in [-0.3, -0.25) is 14.5 Å². The summed E-state index contributed by atoms with van der Waals surface area (Å²) in [7, 11) is 1.59. The molecule has 0 bridgehead atoms. The number of benzene rings is 2. The van der Waals surface area contributed by atoms with E-state index in [1.54, 1.807) is 25.3 Å². The zero-order valence-corrected chi connectivity index (χ0v) is 17.9. The third-order valence-electron chi connectivity index (χ3n) is 5.90. The number of anilines is 1. The van der Waals surface area contributed by atoms with Gasteiger partial charge in [0.05, 0.1) is 25.0 Å². The van der Waals surface area contributed by atoms with Crippen LogP contribution in [-0.2, 0) is 9.59 Å². The molecule has 1 saturated heterocycles. The van der Waals surface area contributed by atoms with E-state index < -0.39 is 0 Å². The van der Waals surface area contributed by atoms with Crippen molar-refractivity contribution in [3.63, 3.8) is 0 Å². The zero-order valence-electron chi connectivity index (χ0n) is 17.9. The van der Waals surface area contributed by atoms with Crippen LogP contribution < -0.4 is 9.64 Å². The highest BCUT2D eigenvalue weighted by Crippen LogP contribution is 2.36. The van der Waals surface area contributed by atoms with Gasteiger partial charge < -0.3 is 14.7 Å². The second-order valence-electron chi connectivity index (χ2n) is 7.74. The fraction of sp³-hybridized carbons (Fsp3) is 0.333. The second-order valence-corrected chi connectivity index (χ2v) is 7.74. The molecule has 7 nitrogen and oxygen atoms in total. The van der Waals surface area contributed by atoms with Gasteiger partial charge in [-0.05, 0) is 36.2 Å². The van der Waals surface area contributed by atoms with Crippen molar-refractivity contribution in [2.75, 3.05) is 51.3 Å². The Bertz CT molecular complexity index is 1010. The highest BCUT2D eigenvalue weighted by molar-refractivity contribution is 6.45. The minimum atomic E-state index is -0.308. The maximum atomic E-state index is 13.6. The van der Waals surface area contributed by atoms with Gasteiger partial charge in [0, 0.05) is 32.7 Å². The van der Waals surface area contributed by atoms with Crippen molar-refractivity contribution in [3.8, 4) is 5.75 Å². The lowest BCUT2D eigenvalue weighted by molar-refractivity contribution is -0.120. The number of para-hydroxylation sites is 1. The molecule has 0 radical (unpaired) electrons. The summed E-state index contributed by atoms with van der Waals surface area (Å²) in [4.78, 5) is 32.7. The van der Waals surface area contributed by atoms with Crippen molar-refractivity contribution in [2.45, 2.75) is 6.92 Å². The van der Waals surface area contributed by atoms with Crippen LogP contribution in [0.4, 0.5) is 5.69 Å². The summed E-state index contributed by atoms with van der Waals surface area (Å²) in [5.74, 6) is 0.0917. The number of piperazine rings is 1. The van der Waals surface area contributed by atoms with Gasteiger partial charge in [-0.25, -0.2) is 4.90 Å². The monoisotopic (exact) mass is 421 g/mol. The largest absolute Gasteiger partial charge is 0.497 e. The van der Waals surface area contributed by atoms with Crippen molar-refractivity contribution in [1.82, 2.24) is 9.80 Å².